The van der Waals surface area contributed by atoms with E-state index in [1.54, 1.807) is 64.9 Å². The lowest BCUT2D eigenvalue weighted by Crippen LogP contribution is -2.57. The lowest BCUT2D eigenvalue weighted by Gasteiger charge is -2.30. The first kappa shape index (κ1) is 76.3. The fourth-order valence-corrected chi connectivity index (χ4v) is 12.0. The van der Waals surface area contributed by atoms with Gasteiger partial charge >= 0.3 is 24.1 Å². The van der Waals surface area contributed by atoms with Gasteiger partial charge in [0.2, 0.25) is 29.5 Å². The summed E-state index contributed by atoms with van der Waals surface area (Å²) in [6.45, 7) is 13.3. The highest BCUT2D eigenvalue weighted by molar-refractivity contribution is 7.92. The van der Waals surface area contributed by atoms with E-state index in [-0.39, 0.29) is 60.3 Å². The Morgan fingerprint density at radius 2 is 1.42 bits per heavy atom. The number of carboxylic acids is 1. The number of fused-ring (bicyclic) bond motifs is 3. The zero-order valence-corrected chi connectivity index (χ0v) is 58.0. The first-order valence-electron chi connectivity index (χ1n) is 32.6. The Balaban J connectivity index is 0.859. The van der Waals surface area contributed by atoms with Crippen LogP contribution in [0.25, 0.3) is 21.9 Å². The molecule has 0 aliphatic carbocycles. The van der Waals surface area contributed by atoms with Gasteiger partial charge in [0.1, 0.15) is 36.1 Å². The predicted octanol–water partition coefficient (Wildman–Crippen LogP) is 5.02. The number of imidazole rings is 1. The van der Waals surface area contributed by atoms with Crippen LogP contribution in [0.15, 0.2) is 102 Å². The van der Waals surface area contributed by atoms with Crippen LogP contribution in [-0.2, 0) is 56.7 Å². The quantitative estimate of drug-likeness (QED) is 0.0252. The number of likely N-dealkylation sites (N-methyl/N-ethyl adjacent to an activating group) is 3. The molecule has 4 aromatic carbocycles. The highest BCUT2D eigenvalue weighted by Gasteiger charge is 2.40. The number of anilines is 5. The summed E-state index contributed by atoms with van der Waals surface area (Å²) in [5.74, 6) is -4.37. The number of sulfonamides is 1. The van der Waals surface area contributed by atoms with E-state index in [1.165, 1.54) is 70.5 Å². The summed E-state index contributed by atoms with van der Waals surface area (Å²) in [5.41, 5.74) is 7.30. The number of carbonyl (C=O) groups excluding carboxylic acids is 8. The number of benzene rings is 4. The number of carboxylic acid groups (broad SMARTS) is 1. The van der Waals surface area contributed by atoms with Crippen LogP contribution in [0.1, 0.15) is 91.1 Å². The number of nitrogens with two attached hydrogens (primary N) is 1. The number of carbonyl (C=O) groups is 9. The van der Waals surface area contributed by atoms with E-state index in [1.807, 2.05) is 48.6 Å². The number of para-hydroxylation sites is 1. The summed E-state index contributed by atoms with van der Waals surface area (Å²) in [6.07, 6.45) is 0.284. The van der Waals surface area contributed by atoms with Crippen molar-refractivity contribution in [3.8, 4) is 0 Å². The number of ether oxygens (including phenoxy) is 1. The van der Waals surface area contributed by atoms with Gasteiger partial charge in [-0.25, -0.2) is 32.8 Å². The summed E-state index contributed by atoms with van der Waals surface area (Å²) in [7, 11) is 0.953. The first-order chi connectivity index (χ1) is 46.9. The fraction of sp³-hybridized carbons (Fsp3) is 0.448. The molecule has 0 radical (unpaired) electrons. The minimum Gasteiger partial charge on any atom is -0.481 e. The van der Waals surface area contributed by atoms with Crippen LogP contribution in [0.4, 0.5) is 43.0 Å². The second kappa shape index (κ2) is 35.0. The van der Waals surface area contributed by atoms with Gasteiger partial charge < -0.3 is 82.5 Å². The first-order valence-corrected chi connectivity index (χ1v) is 34.0. The molecule has 6 aromatic rings. The molecule has 0 unspecified atom stereocenters. The maximum Gasteiger partial charge on any atom is 0.321 e. The molecule has 31 nitrogen and oxygen atoms in total. The third-order valence-electron chi connectivity index (χ3n) is 16.0. The molecule has 2 aromatic heterocycles. The van der Waals surface area contributed by atoms with Gasteiger partial charge in [-0.05, 0) is 126 Å². The third kappa shape index (κ3) is 22.2. The Labute approximate surface area is 574 Å². The van der Waals surface area contributed by atoms with Gasteiger partial charge in [-0.3, -0.25) is 38.4 Å². The van der Waals surface area contributed by atoms with E-state index < -0.39 is 112 Å². The number of aromatic nitrogens is 3. The number of primary amides is 1. The molecule has 0 bridgehead atoms. The number of rotatable bonds is 34. The predicted molar refractivity (Wildman–Crippen MR) is 374 cm³/mol. The van der Waals surface area contributed by atoms with Crippen molar-refractivity contribution in [1.82, 2.24) is 55.4 Å². The number of pyridine rings is 1. The van der Waals surface area contributed by atoms with Gasteiger partial charge in [-0.15, -0.1) is 0 Å². The molecule has 0 saturated carbocycles. The maximum atomic E-state index is 14.3. The molecule has 11 amide bonds. The van der Waals surface area contributed by atoms with Gasteiger partial charge in [0, 0.05) is 81.1 Å². The molecule has 13 N–H and O–H groups in total. The Bertz CT molecular complexity index is 4000. The van der Waals surface area contributed by atoms with Crippen molar-refractivity contribution in [2.75, 3.05) is 99.6 Å². The zero-order valence-electron chi connectivity index (χ0n) is 57.1. The van der Waals surface area contributed by atoms with E-state index >= 15 is 0 Å². The molecule has 1 saturated heterocycles. The van der Waals surface area contributed by atoms with Crippen LogP contribution in [0.3, 0.4) is 0 Å². The molecule has 1 aliphatic rings. The van der Waals surface area contributed by atoms with Crippen molar-refractivity contribution >= 4 is 114 Å². The SMILES string of the molecule is CCCNC(=O)Nc1cccc(S(=O)(=O)Nc2cccc([C@H](CC(=O)O)NC(=O)Nc3ccc(NC(=O)N(C)CCN(C)CCN(C)CC(=O)N[C@@H](CC(N)=O)C(=O)N4CCC[C@H]4C(=O)N[C@H](C(=O)Nc4nc5ccccc5c5c4nc(COCC)n5CC(C)(C)O)C(C)C)cc3)c2)c1. The van der Waals surface area contributed by atoms with Gasteiger partial charge in [-0.1, -0.05) is 57.2 Å². The summed E-state index contributed by atoms with van der Waals surface area (Å²) in [4.78, 5) is 135. The number of aliphatic hydroxyl groups is 1. The van der Waals surface area contributed by atoms with Crippen molar-refractivity contribution in [1.29, 1.82) is 0 Å². The maximum absolute atomic E-state index is 14.3. The molecule has 1 aliphatic heterocycles. The molecule has 534 valence electrons. The number of hydrogen-bond acceptors (Lipinski definition) is 17. The highest BCUT2D eigenvalue weighted by Crippen LogP contribution is 2.33. The van der Waals surface area contributed by atoms with E-state index in [4.69, 9.17) is 20.4 Å². The number of aliphatic carboxylic acids is 1. The number of likely N-dealkylation sites (tertiary alicyclic amines) is 1. The monoisotopic (exact) mass is 1390 g/mol. The summed E-state index contributed by atoms with van der Waals surface area (Å²) >= 11 is 0. The number of amides is 11. The second-order valence-corrected chi connectivity index (χ2v) is 27.0. The minimum absolute atomic E-state index is 0.0848. The number of urea groups is 3. The normalized spacial score (nSPS) is 14.1. The topological polar surface area (TPSA) is 415 Å². The Kier molecular flexibility index (Phi) is 27.0. The zero-order chi connectivity index (χ0) is 72.3. The average Bonchev–Trinajstić information content (AvgIpc) is 1.63. The van der Waals surface area contributed by atoms with E-state index in [0.717, 1.165) is 5.39 Å². The van der Waals surface area contributed by atoms with Crippen molar-refractivity contribution < 1.29 is 66.5 Å². The number of hydrogen-bond donors (Lipinski definition) is 12. The molecular formula is C67H91N17O14S. The van der Waals surface area contributed by atoms with Crippen LogP contribution < -0.4 is 53.0 Å². The summed E-state index contributed by atoms with van der Waals surface area (Å²) < 4.78 is 36.9. The largest absolute Gasteiger partial charge is 0.481 e. The summed E-state index contributed by atoms with van der Waals surface area (Å²) in [5, 5.41) is 43.1. The van der Waals surface area contributed by atoms with Crippen LogP contribution in [0, 0.1) is 5.92 Å². The van der Waals surface area contributed by atoms with Gasteiger partial charge in [0.25, 0.3) is 10.0 Å². The molecular weight excluding hydrogens is 1300 g/mol. The molecule has 0 spiro atoms. The Hall–Kier alpha value is -10.0. The molecule has 3 heterocycles. The van der Waals surface area contributed by atoms with Crippen molar-refractivity contribution in [2.24, 2.45) is 11.7 Å². The van der Waals surface area contributed by atoms with Crippen LogP contribution in [-0.4, -0.2) is 204 Å². The van der Waals surface area contributed by atoms with E-state index in [9.17, 15) is 61.8 Å². The van der Waals surface area contributed by atoms with Gasteiger partial charge in [-0.2, -0.15) is 0 Å². The smallest absolute Gasteiger partial charge is 0.321 e. The minimum atomic E-state index is -4.19. The van der Waals surface area contributed by atoms with Gasteiger partial charge in [0.15, 0.2) is 5.82 Å². The lowest BCUT2D eigenvalue weighted by molar-refractivity contribution is -0.143. The van der Waals surface area contributed by atoms with Crippen molar-refractivity contribution in [3.63, 3.8) is 0 Å². The van der Waals surface area contributed by atoms with Crippen LogP contribution >= 0.6 is 0 Å². The lowest BCUT2D eigenvalue weighted by atomic mass is 10.0. The average molecular weight is 1390 g/mol. The molecule has 4 atom stereocenters. The number of nitrogens with one attached hydrogen (secondary N) is 9. The highest BCUT2D eigenvalue weighted by atomic mass is 32.2. The van der Waals surface area contributed by atoms with E-state index in [0.29, 0.717) is 85.9 Å². The van der Waals surface area contributed by atoms with Crippen molar-refractivity contribution in [2.45, 2.75) is 121 Å². The van der Waals surface area contributed by atoms with Crippen molar-refractivity contribution in [3.05, 3.63) is 108 Å². The van der Waals surface area contributed by atoms with Gasteiger partial charge in [0.05, 0.1) is 53.5 Å². The molecule has 32 heteroatoms. The Morgan fingerprint density at radius 3 is 2.10 bits per heavy atom. The van der Waals surface area contributed by atoms with Crippen LogP contribution in [0.2, 0.25) is 0 Å². The standard InChI is InChI=1S/C67H91N17O14S/c1-10-28-69-64(92)71-45-18-15-20-47(35-45)99(96,97)79-46-19-14-17-42(34-46)50(37-56(87)88)75-65(93)70-43-24-26-44(27-25-43)72-66(94)82(9)33-32-80(7)30-31-81(8)38-55(86)73-51(36-53(68)85)63(91)83-29-16-23-52(83)61(89)77-57(41(3)4)62(90)78-60-58-59(48-21-12-13-22-49(48)74-60)84(40-67(5,6)95)54(76-58)39-98-11-2/h12-15,17-22,24-27,34-35,41,50-52,57,79,95H,10-11,16,23,28-33,36-40H2,1-9H3,(H2,68,85)(H,72,94)(H,73,86)(H,77,89)(H,87,88)(H2,69,71,92)(H2,70,75,93)(H,74,78,90)/t50-,51-,52-,57-/m0/s1. The second-order valence-electron chi connectivity index (χ2n) is 25.3. The molecule has 7 rings (SSSR count). The molecule has 1 fully saturated rings. The Morgan fingerprint density at radius 1 is 0.758 bits per heavy atom. The van der Waals surface area contributed by atoms with Crippen LogP contribution in [0.5, 0.6) is 0 Å². The summed E-state index contributed by atoms with van der Waals surface area (Å²) in [6, 6.07) is 18.7. The third-order valence-corrected chi connectivity index (χ3v) is 17.4. The number of nitrogens with zero attached hydrogens (tertiary/aromatic N) is 7. The molecule has 99 heavy (non-hydrogen) atoms. The van der Waals surface area contributed by atoms with E-state index in [2.05, 4.69) is 47.3 Å². The fourth-order valence-electron chi connectivity index (χ4n) is 10.9.